The summed E-state index contributed by atoms with van der Waals surface area (Å²) in [6.07, 6.45) is 0.870. The molecule has 1 N–H and O–H groups in total. The van der Waals surface area contributed by atoms with Crippen molar-refractivity contribution in [1.29, 1.82) is 0 Å². The minimum atomic E-state index is -0.465. The van der Waals surface area contributed by atoms with E-state index in [2.05, 4.69) is 5.32 Å². The molecule has 0 spiro atoms. The zero-order valence-electron chi connectivity index (χ0n) is 18.8. The van der Waals surface area contributed by atoms with Crippen LogP contribution in [0.5, 0.6) is 5.75 Å². The van der Waals surface area contributed by atoms with Crippen molar-refractivity contribution in [2.45, 2.75) is 27.2 Å². The normalized spacial score (nSPS) is 13.6. The zero-order valence-corrected chi connectivity index (χ0v) is 18.8. The molecular formula is C27H25FN2O3. The number of hydrogen-bond acceptors (Lipinski definition) is 4. The number of benzene rings is 3. The molecule has 0 fully saturated rings. The Morgan fingerprint density at radius 3 is 2.42 bits per heavy atom. The highest BCUT2D eigenvalue weighted by atomic mass is 19.1. The van der Waals surface area contributed by atoms with E-state index in [4.69, 9.17) is 4.74 Å². The van der Waals surface area contributed by atoms with Crippen LogP contribution in [0.1, 0.15) is 30.0 Å². The molecule has 168 valence electrons. The Balaban J connectivity index is 1.79. The zero-order chi connectivity index (χ0) is 23.5. The molecule has 0 saturated carbocycles. The number of carbonyl (C=O) groups excluding carboxylic acids is 2. The molecule has 1 aliphatic heterocycles. The first-order valence-corrected chi connectivity index (χ1v) is 10.8. The van der Waals surface area contributed by atoms with Gasteiger partial charge in [0, 0.05) is 11.8 Å². The molecule has 0 radical (unpaired) electrons. The monoisotopic (exact) mass is 444 g/mol. The second kappa shape index (κ2) is 9.28. The van der Waals surface area contributed by atoms with Crippen LogP contribution in [0, 0.1) is 19.7 Å². The molecule has 0 unspecified atom stereocenters. The molecule has 33 heavy (non-hydrogen) atoms. The molecule has 0 aliphatic carbocycles. The third kappa shape index (κ3) is 4.51. The first-order valence-electron chi connectivity index (χ1n) is 10.8. The van der Waals surface area contributed by atoms with Gasteiger partial charge in [0.2, 0.25) is 0 Å². The molecule has 0 saturated heterocycles. The first-order chi connectivity index (χ1) is 15.9. The summed E-state index contributed by atoms with van der Waals surface area (Å²) in [5.74, 6) is -0.680. The van der Waals surface area contributed by atoms with Crippen LogP contribution >= 0.6 is 0 Å². The molecule has 3 aromatic rings. The standard InChI is InChI=1S/C27H25FN2O3/c1-4-14-33-22-7-5-6-21(16-22)29-25-24(19-10-12-20(28)13-11-19)26(31)30(27(25)32)23-15-17(2)8-9-18(23)3/h5-13,15-16,29H,4,14H2,1-3H3. The topological polar surface area (TPSA) is 58.6 Å². The third-order valence-electron chi connectivity index (χ3n) is 5.40. The van der Waals surface area contributed by atoms with Crippen LogP contribution in [0.2, 0.25) is 0 Å². The van der Waals surface area contributed by atoms with E-state index in [9.17, 15) is 14.0 Å². The van der Waals surface area contributed by atoms with Gasteiger partial charge in [-0.2, -0.15) is 0 Å². The first kappa shape index (κ1) is 22.3. The van der Waals surface area contributed by atoms with Crippen LogP contribution in [-0.4, -0.2) is 18.4 Å². The van der Waals surface area contributed by atoms with Crippen LogP contribution in [0.3, 0.4) is 0 Å². The van der Waals surface area contributed by atoms with Gasteiger partial charge in [-0.3, -0.25) is 9.59 Å². The van der Waals surface area contributed by atoms with Crippen molar-refractivity contribution in [2.75, 3.05) is 16.8 Å². The van der Waals surface area contributed by atoms with Crippen LogP contribution in [-0.2, 0) is 9.59 Å². The summed E-state index contributed by atoms with van der Waals surface area (Å²) in [6, 6.07) is 18.4. The molecule has 1 heterocycles. The summed E-state index contributed by atoms with van der Waals surface area (Å²) in [4.78, 5) is 28.3. The highest BCUT2D eigenvalue weighted by Gasteiger charge is 2.40. The lowest BCUT2D eigenvalue weighted by atomic mass is 10.0. The second-order valence-electron chi connectivity index (χ2n) is 7.99. The number of nitrogens with one attached hydrogen (secondary N) is 1. The number of halogens is 1. The molecular weight excluding hydrogens is 419 g/mol. The van der Waals surface area contributed by atoms with Crippen LogP contribution < -0.4 is 15.0 Å². The Kier molecular flexibility index (Phi) is 6.27. The van der Waals surface area contributed by atoms with Crippen molar-refractivity contribution in [1.82, 2.24) is 0 Å². The van der Waals surface area contributed by atoms with Crippen molar-refractivity contribution >= 4 is 28.8 Å². The molecule has 0 atom stereocenters. The van der Waals surface area contributed by atoms with E-state index in [1.54, 1.807) is 12.1 Å². The van der Waals surface area contributed by atoms with E-state index in [1.807, 2.05) is 51.1 Å². The van der Waals surface area contributed by atoms with Crippen molar-refractivity contribution in [3.63, 3.8) is 0 Å². The van der Waals surface area contributed by atoms with Gasteiger partial charge < -0.3 is 10.1 Å². The quantitative estimate of drug-likeness (QED) is 0.480. The highest BCUT2D eigenvalue weighted by Crippen LogP contribution is 2.36. The molecule has 0 aromatic heterocycles. The van der Waals surface area contributed by atoms with Gasteiger partial charge in [0.25, 0.3) is 11.8 Å². The van der Waals surface area contributed by atoms with Gasteiger partial charge in [0.05, 0.1) is 17.9 Å². The lowest BCUT2D eigenvalue weighted by Crippen LogP contribution is -2.33. The average Bonchev–Trinajstić information content (AvgIpc) is 3.04. The van der Waals surface area contributed by atoms with Crippen LogP contribution in [0.4, 0.5) is 15.8 Å². The average molecular weight is 445 g/mol. The summed E-state index contributed by atoms with van der Waals surface area (Å²) in [5, 5.41) is 3.13. The summed E-state index contributed by atoms with van der Waals surface area (Å²) in [7, 11) is 0. The number of carbonyl (C=O) groups is 2. The predicted molar refractivity (Wildman–Crippen MR) is 128 cm³/mol. The van der Waals surface area contributed by atoms with E-state index in [0.29, 0.717) is 29.3 Å². The Morgan fingerprint density at radius 1 is 0.939 bits per heavy atom. The van der Waals surface area contributed by atoms with Gasteiger partial charge >= 0.3 is 0 Å². The predicted octanol–water partition coefficient (Wildman–Crippen LogP) is 5.63. The molecule has 3 aromatic carbocycles. The molecule has 1 aliphatic rings. The third-order valence-corrected chi connectivity index (χ3v) is 5.40. The number of amides is 2. The number of aryl methyl sites for hydroxylation is 2. The minimum Gasteiger partial charge on any atom is -0.494 e. The molecule has 6 heteroatoms. The maximum Gasteiger partial charge on any atom is 0.282 e. The summed E-state index contributed by atoms with van der Waals surface area (Å²) < 4.78 is 19.3. The van der Waals surface area contributed by atoms with Crippen LogP contribution in [0.25, 0.3) is 5.57 Å². The maximum absolute atomic E-state index is 13.6. The Hall–Kier alpha value is -3.93. The van der Waals surface area contributed by atoms with Crippen molar-refractivity contribution in [3.05, 3.63) is 94.9 Å². The summed E-state index contributed by atoms with van der Waals surface area (Å²) in [5.41, 5.74) is 3.67. The highest BCUT2D eigenvalue weighted by molar-refractivity contribution is 6.46. The number of ether oxygens (including phenoxy) is 1. The van der Waals surface area contributed by atoms with Gasteiger partial charge in [-0.25, -0.2) is 9.29 Å². The molecule has 0 bridgehead atoms. The minimum absolute atomic E-state index is 0.139. The van der Waals surface area contributed by atoms with Crippen molar-refractivity contribution < 1.29 is 18.7 Å². The Labute approximate surface area is 192 Å². The number of nitrogens with zero attached hydrogens (tertiary/aromatic N) is 1. The van der Waals surface area contributed by atoms with Gasteiger partial charge in [0.1, 0.15) is 17.3 Å². The fourth-order valence-electron chi connectivity index (χ4n) is 3.74. The number of imide groups is 1. The molecule has 4 rings (SSSR count). The van der Waals surface area contributed by atoms with Gasteiger partial charge in [-0.1, -0.05) is 37.3 Å². The van der Waals surface area contributed by atoms with Crippen molar-refractivity contribution in [3.8, 4) is 5.75 Å². The Morgan fingerprint density at radius 2 is 1.70 bits per heavy atom. The van der Waals surface area contributed by atoms with E-state index in [1.165, 1.54) is 29.2 Å². The summed E-state index contributed by atoms with van der Waals surface area (Å²) in [6.45, 7) is 6.35. The van der Waals surface area contributed by atoms with Gasteiger partial charge in [0.15, 0.2) is 0 Å². The largest absolute Gasteiger partial charge is 0.494 e. The number of rotatable bonds is 7. The van der Waals surface area contributed by atoms with Crippen LogP contribution in [0.15, 0.2) is 72.4 Å². The second-order valence-corrected chi connectivity index (χ2v) is 7.99. The SMILES string of the molecule is CCCOc1cccc(NC2=C(c3ccc(F)cc3)C(=O)N(c3cc(C)ccc3C)C2=O)c1. The lowest BCUT2D eigenvalue weighted by molar-refractivity contribution is -0.120. The molecule has 5 nitrogen and oxygen atoms in total. The fraction of sp³-hybridized carbons (Fsp3) is 0.185. The van der Waals surface area contributed by atoms with E-state index < -0.39 is 17.6 Å². The summed E-state index contributed by atoms with van der Waals surface area (Å²) >= 11 is 0. The van der Waals surface area contributed by atoms with Gasteiger partial charge in [-0.05, 0) is 67.3 Å². The van der Waals surface area contributed by atoms with Crippen molar-refractivity contribution in [2.24, 2.45) is 0 Å². The molecule has 2 amide bonds. The number of anilines is 2. The maximum atomic E-state index is 13.6. The van der Waals surface area contributed by atoms with Gasteiger partial charge in [-0.15, -0.1) is 0 Å². The fourth-order valence-corrected chi connectivity index (χ4v) is 3.74. The van der Waals surface area contributed by atoms with E-state index in [-0.39, 0.29) is 11.3 Å². The lowest BCUT2D eigenvalue weighted by Gasteiger charge is -2.18. The Bertz CT molecular complexity index is 1250. The van der Waals surface area contributed by atoms with E-state index >= 15 is 0 Å². The van der Waals surface area contributed by atoms with E-state index in [0.717, 1.165) is 17.5 Å². The smallest absolute Gasteiger partial charge is 0.282 e. The number of hydrogen-bond donors (Lipinski definition) is 1.